The average molecular weight is 264 g/mol. The van der Waals surface area contributed by atoms with Crippen LogP contribution in [0.2, 0.25) is 0 Å². The average Bonchev–Trinajstić information content (AvgIpc) is 2.44. The molecule has 0 aromatic heterocycles. The molecule has 0 N–H and O–H groups in total. The van der Waals surface area contributed by atoms with Crippen molar-refractivity contribution in [1.29, 1.82) is 0 Å². The minimum Gasteiger partial charge on any atom is -0.493 e. The van der Waals surface area contributed by atoms with Gasteiger partial charge in [0, 0.05) is 30.9 Å². The molecule has 0 spiro atoms. The Hall–Kier alpha value is -1.42. The van der Waals surface area contributed by atoms with Crippen molar-refractivity contribution < 1.29 is 9.47 Å². The van der Waals surface area contributed by atoms with Gasteiger partial charge in [-0.3, -0.25) is 0 Å². The molecule has 4 nitrogen and oxygen atoms in total. The quantitative estimate of drug-likeness (QED) is 0.830. The second-order valence-electron chi connectivity index (χ2n) is 5.20. The Balaban J connectivity index is 2.43. The minimum absolute atomic E-state index is 0.547. The van der Waals surface area contributed by atoms with Crippen molar-refractivity contribution in [2.75, 3.05) is 46.3 Å². The van der Waals surface area contributed by atoms with Crippen LogP contribution in [-0.4, -0.2) is 52.3 Å². The van der Waals surface area contributed by atoms with Crippen molar-refractivity contribution in [3.05, 3.63) is 17.7 Å². The Bertz CT molecular complexity index is 446. The second kappa shape index (κ2) is 5.70. The molecule has 0 amide bonds. The molecule has 0 aliphatic carbocycles. The van der Waals surface area contributed by atoms with Crippen LogP contribution in [0.3, 0.4) is 0 Å². The molecule has 1 heterocycles. The maximum Gasteiger partial charge on any atom is 0.162 e. The zero-order chi connectivity index (χ0) is 14.0. The van der Waals surface area contributed by atoms with Crippen molar-refractivity contribution in [3.8, 4) is 11.5 Å². The molecule has 1 aliphatic rings. The summed E-state index contributed by atoms with van der Waals surface area (Å²) in [6, 6.07) is 4.77. The maximum absolute atomic E-state index is 5.41. The number of likely N-dealkylation sites (N-methyl/N-ethyl adjacent to an activating group) is 2. The second-order valence-corrected chi connectivity index (χ2v) is 5.20. The van der Waals surface area contributed by atoms with E-state index in [1.165, 1.54) is 11.3 Å². The molecule has 0 radical (unpaired) electrons. The van der Waals surface area contributed by atoms with Gasteiger partial charge in [-0.05, 0) is 39.1 Å². The van der Waals surface area contributed by atoms with E-state index in [0.29, 0.717) is 6.04 Å². The minimum atomic E-state index is 0.547. The summed E-state index contributed by atoms with van der Waals surface area (Å²) in [6.45, 7) is 4.26. The first kappa shape index (κ1) is 14.0. The summed E-state index contributed by atoms with van der Waals surface area (Å²) >= 11 is 0. The Morgan fingerprint density at radius 1 is 1.21 bits per heavy atom. The van der Waals surface area contributed by atoms with Crippen LogP contribution in [0.1, 0.15) is 12.5 Å². The van der Waals surface area contributed by atoms with Crippen molar-refractivity contribution >= 4 is 5.69 Å². The largest absolute Gasteiger partial charge is 0.493 e. The lowest BCUT2D eigenvalue weighted by Crippen LogP contribution is -2.45. The molecule has 1 atom stereocenters. The van der Waals surface area contributed by atoms with Gasteiger partial charge in [-0.25, -0.2) is 0 Å². The Labute approximate surface area is 115 Å². The van der Waals surface area contributed by atoms with E-state index in [2.05, 4.69) is 43.0 Å². The van der Waals surface area contributed by atoms with Gasteiger partial charge in [0.2, 0.25) is 0 Å². The van der Waals surface area contributed by atoms with Crippen LogP contribution < -0.4 is 14.4 Å². The van der Waals surface area contributed by atoms with Crippen LogP contribution in [0.5, 0.6) is 11.5 Å². The standard InChI is InChI=1S/C15H24N2O2/c1-6-17-10-12(16(2)3)7-11-8-14(18-4)15(19-5)9-13(11)17/h8-9,12H,6-7,10H2,1-5H3. The van der Waals surface area contributed by atoms with Gasteiger partial charge in [0.1, 0.15) is 0 Å². The van der Waals surface area contributed by atoms with E-state index in [-0.39, 0.29) is 0 Å². The molecule has 1 aliphatic heterocycles. The number of methoxy groups -OCH3 is 2. The third-order valence-corrected chi connectivity index (χ3v) is 3.92. The molecule has 1 aromatic carbocycles. The number of ether oxygens (including phenoxy) is 2. The normalized spacial score (nSPS) is 18.4. The van der Waals surface area contributed by atoms with Gasteiger partial charge in [-0.15, -0.1) is 0 Å². The van der Waals surface area contributed by atoms with Crippen molar-refractivity contribution in [2.24, 2.45) is 0 Å². The molecule has 4 heteroatoms. The third-order valence-electron chi connectivity index (χ3n) is 3.92. The van der Waals surface area contributed by atoms with Gasteiger partial charge in [0.15, 0.2) is 11.5 Å². The fourth-order valence-electron chi connectivity index (χ4n) is 2.68. The molecule has 0 fully saturated rings. The number of anilines is 1. The van der Waals surface area contributed by atoms with Crippen LogP contribution in [0.4, 0.5) is 5.69 Å². The summed E-state index contributed by atoms with van der Waals surface area (Å²) in [5, 5.41) is 0. The summed E-state index contributed by atoms with van der Waals surface area (Å²) < 4.78 is 10.8. The summed E-state index contributed by atoms with van der Waals surface area (Å²) in [7, 11) is 7.66. The van der Waals surface area contributed by atoms with Crippen molar-refractivity contribution in [1.82, 2.24) is 4.90 Å². The fraction of sp³-hybridized carbons (Fsp3) is 0.600. The lowest BCUT2D eigenvalue weighted by Gasteiger charge is -2.38. The molecular formula is C15H24N2O2. The topological polar surface area (TPSA) is 24.9 Å². The maximum atomic E-state index is 5.41. The van der Waals surface area contributed by atoms with Crippen LogP contribution in [0, 0.1) is 0 Å². The molecule has 2 rings (SSSR count). The number of hydrogen-bond acceptors (Lipinski definition) is 4. The van der Waals surface area contributed by atoms with Crippen molar-refractivity contribution in [2.45, 2.75) is 19.4 Å². The van der Waals surface area contributed by atoms with E-state index < -0.39 is 0 Å². The van der Waals surface area contributed by atoms with E-state index in [0.717, 1.165) is 31.0 Å². The smallest absolute Gasteiger partial charge is 0.162 e. The van der Waals surface area contributed by atoms with Crippen LogP contribution in [0.25, 0.3) is 0 Å². The van der Waals surface area contributed by atoms with Gasteiger partial charge in [-0.1, -0.05) is 0 Å². The summed E-state index contributed by atoms with van der Waals surface area (Å²) in [4.78, 5) is 4.70. The molecule has 0 bridgehead atoms. The molecule has 19 heavy (non-hydrogen) atoms. The highest BCUT2D eigenvalue weighted by atomic mass is 16.5. The first-order valence-electron chi connectivity index (χ1n) is 6.77. The number of fused-ring (bicyclic) bond motifs is 1. The Morgan fingerprint density at radius 3 is 2.37 bits per heavy atom. The first-order chi connectivity index (χ1) is 9.10. The van der Waals surface area contributed by atoms with E-state index in [9.17, 15) is 0 Å². The fourth-order valence-corrected chi connectivity index (χ4v) is 2.68. The molecular weight excluding hydrogens is 240 g/mol. The van der Waals surface area contributed by atoms with E-state index in [1.807, 2.05) is 0 Å². The molecule has 0 saturated heterocycles. The SMILES string of the molecule is CCN1CC(N(C)C)Cc2cc(OC)c(OC)cc21. The first-order valence-corrected chi connectivity index (χ1v) is 6.77. The van der Waals surface area contributed by atoms with Gasteiger partial charge in [0.25, 0.3) is 0 Å². The van der Waals surface area contributed by atoms with Crippen LogP contribution in [0.15, 0.2) is 12.1 Å². The van der Waals surface area contributed by atoms with Gasteiger partial charge in [0.05, 0.1) is 14.2 Å². The molecule has 106 valence electrons. The molecule has 0 saturated carbocycles. The van der Waals surface area contributed by atoms with Crippen LogP contribution in [-0.2, 0) is 6.42 Å². The molecule has 1 aromatic rings. The number of nitrogens with zero attached hydrogens (tertiary/aromatic N) is 2. The lowest BCUT2D eigenvalue weighted by molar-refractivity contribution is 0.285. The number of hydrogen-bond donors (Lipinski definition) is 0. The van der Waals surface area contributed by atoms with E-state index in [1.54, 1.807) is 14.2 Å². The van der Waals surface area contributed by atoms with Crippen LogP contribution >= 0.6 is 0 Å². The lowest BCUT2D eigenvalue weighted by atomic mass is 9.96. The zero-order valence-corrected chi connectivity index (χ0v) is 12.6. The highest BCUT2D eigenvalue weighted by Crippen LogP contribution is 2.38. The monoisotopic (exact) mass is 264 g/mol. The highest BCUT2D eigenvalue weighted by molar-refractivity contribution is 5.63. The van der Waals surface area contributed by atoms with E-state index in [4.69, 9.17) is 9.47 Å². The number of rotatable bonds is 4. The van der Waals surface area contributed by atoms with Crippen molar-refractivity contribution in [3.63, 3.8) is 0 Å². The molecule has 1 unspecified atom stereocenters. The third kappa shape index (κ3) is 2.63. The van der Waals surface area contributed by atoms with Gasteiger partial charge < -0.3 is 19.3 Å². The Kier molecular flexibility index (Phi) is 4.20. The highest BCUT2D eigenvalue weighted by Gasteiger charge is 2.26. The number of benzene rings is 1. The van der Waals surface area contributed by atoms with E-state index >= 15 is 0 Å². The summed E-state index contributed by atoms with van der Waals surface area (Å²) in [5.74, 6) is 1.62. The zero-order valence-electron chi connectivity index (χ0n) is 12.6. The predicted octanol–water partition coefficient (Wildman–Crippen LogP) is 2.02. The summed E-state index contributed by atoms with van der Waals surface area (Å²) in [6.07, 6.45) is 1.05. The Morgan fingerprint density at radius 2 is 1.84 bits per heavy atom. The van der Waals surface area contributed by atoms with Gasteiger partial charge >= 0.3 is 0 Å². The van der Waals surface area contributed by atoms with Gasteiger partial charge in [-0.2, -0.15) is 0 Å². The predicted molar refractivity (Wildman–Crippen MR) is 78.6 cm³/mol. The summed E-state index contributed by atoms with van der Waals surface area (Å²) in [5.41, 5.74) is 2.61.